The SMILES string of the molecule is CCCCC(=NNC(C)=O)c1ccc(Cl)cc1Cl. The molecule has 0 aliphatic carbocycles. The van der Waals surface area contributed by atoms with Crippen molar-refractivity contribution < 1.29 is 4.79 Å². The van der Waals surface area contributed by atoms with Crippen LogP contribution in [0.15, 0.2) is 23.3 Å². The fourth-order valence-electron chi connectivity index (χ4n) is 1.46. The third-order valence-electron chi connectivity index (χ3n) is 2.36. The zero-order valence-electron chi connectivity index (χ0n) is 10.5. The molecular formula is C13H16Cl2N2O. The van der Waals surface area contributed by atoms with Crippen LogP contribution >= 0.6 is 23.2 Å². The summed E-state index contributed by atoms with van der Waals surface area (Å²) in [7, 11) is 0. The summed E-state index contributed by atoms with van der Waals surface area (Å²) in [6.07, 6.45) is 2.79. The summed E-state index contributed by atoms with van der Waals surface area (Å²) in [5.41, 5.74) is 4.03. The van der Waals surface area contributed by atoms with Gasteiger partial charge in [0.1, 0.15) is 0 Å². The number of hydrogen-bond acceptors (Lipinski definition) is 2. The molecule has 0 saturated carbocycles. The Morgan fingerprint density at radius 3 is 2.67 bits per heavy atom. The quantitative estimate of drug-likeness (QED) is 0.645. The van der Waals surface area contributed by atoms with E-state index in [1.54, 1.807) is 12.1 Å². The molecule has 3 nitrogen and oxygen atoms in total. The van der Waals surface area contributed by atoms with Gasteiger partial charge in [-0.3, -0.25) is 4.79 Å². The molecule has 0 saturated heterocycles. The average molecular weight is 287 g/mol. The van der Waals surface area contributed by atoms with Crippen molar-refractivity contribution in [1.29, 1.82) is 0 Å². The lowest BCUT2D eigenvalue weighted by Gasteiger charge is -2.08. The first-order valence-electron chi connectivity index (χ1n) is 5.83. The van der Waals surface area contributed by atoms with E-state index in [1.807, 2.05) is 6.07 Å². The molecule has 1 aromatic rings. The van der Waals surface area contributed by atoms with E-state index >= 15 is 0 Å². The number of benzene rings is 1. The molecule has 0 aliphatic heterocycles. The van der Waals surface area contributed by atoms with Gasteiger partial charge in [0.05, 0.1) is 10.7 Å². The zero-order valence-corrected chi connectivity index (χ0v) is 12.0. The van der Waals surface area contributed by atoms with Gasteiger partial charge in [0.25, 0.3) is 0 Å². The molecule has 0 atom stereocenters. The van der Waals surface area contributed by atoms with Gasteiger partial charge in [-0.1, -0.05) is 42.6 Å². The summed E-state index contributed by atoms with van der Waals surface area (Å²) in [6, 6.07) is 5.26. The molecule has 0 bridgehead atoms. The normalized spacial score (nSPS) is 11.4. The Morgan fingerprint density at radius 1 is 1.39 bits per heavy atom. The van der Waals surface area contributed by atoms with E-state index in [0.29, 0.717) is 10.0 Å². The first kappa shape index (κ1) is 15.0. The number of rotatable bonds is 5. The van der Waals surface area contributed by atoms with Gasteiger partial charge in [-0.05, 0) is 25.0 Å². The first-order chi connectivity index (χ1) is 8.54. The van der Waals surface area contributed by atoms with Gasteiger partial charge in [-0.2, -0.15) is 5.10 Å². The van der Waals surface area contributed by atoms with Crippen molar-refractivity contribution in [2.45, 2.75) is 33.1 Å². The summed E-state index contributed by atoms with van der Waals surface area (Å²) >= 11 is 12.0. The first-order valence-corrected chi connectivity index (χ1v) is 6.58. The van der Waals surface area contributed by atoms with Crippen LogP contribution in [0, 0.1) is 0 Å². The predicted molar refractivity (Wildman–Crippen MR) is 76.3 cm³/mol. The molecule has 0 radical (unpaired) electrons. The second kappa shape index (κ2) is 7.39. The number of carbonyl (C=O) groups is 1. The number of nitrogens with one attached hydrogen (secondary N) is 1. The summed E-state index contributed by atoms with van der Waals surface area (Å²) < 4.78 is 0. The fourth-order valence-corrected chi connectivity index (χ4v) is 1.98. The summed E-state index contributed by atoms with van der Waals surface area (Å²) in [4.78, 5) is 10.9. The van der Waals surface area contributed by atoms with E-state index in [-0.39, 0.29) is 5.91 Å². The smallest absolute Gasteiger partial charge is 0.236 e. The summed E-state index contributed by atoms with van der Waals surface area (Å²) in [5.74, 6) is -0.200. The van der Waals surface area contributed by atoms with Crippen molar-refractivity contribution in [2.24, 2.45) is 5.10 Å². The highest BCUT2D eigenvalue weighted by atomic mass is 35.5. The topological polar surface area (TPSA) is 41.5 Å². The van der Waals surface area contributed by atoms with E-state index in [4.69, 9.17) is 23.2 Å². The van der Waals surface area contributed by atoms with Crippen LogP contribution in [0.3, 0.4) is 0 Å². The molecule has 0 aliphatic rings. The Balaban J connectivity index is 3.00. The maximum absolute atomic E-state index is 10.9. The van der Waals surface area contributed by atoms with Gasteiger partial charge in [0, 0.05) is 17.5 Å². The highest BCUT2D eigenvalue weighted by Gasteiger charge is 2.09. The molecule has 18 heavy (non-hydrogen) atoms. The second-order valence-corrected chi connectivity index (χ2v) is 4.80. The summed E-state index contributed by atoms with van der Waals surface area (Å²) in [5, 5.41) is 5.24. The molecule has 1 rings (SSSR count). The lowest BCUT2D eigenvalue weighted by Crippen LogP contribution is -2.16. The van der Waals surface area contributed by atoms with Crippen LogP contribution in [0.5, 0.6) is 0 Å². The Bertz CT molecular complexity index is 458. The Morgan fingerprint density at radius 2 is 2.11 bits per heavy atom. The Hall–Kier alpha value is -1.06. The molecule has 0 heterocycles. The number of amides is 1. The van der Waals surface area contributed by atoms with Crippen LogP contribution in [-0.2, 0) is 4.79 Å². The maximum atomic E-state index is 10.9. The lowest BCUT2D eigenvalue weighted by molar-refractivity contribution is -0.118. The van der Waals surface area contributed by atoms with E-state index in [9.17, 15) is 4.79 Å². The van der Waals surface area contributed by atoms with E-state index < -0.39 is 0 Å². The van der Waals surface area contributed by atoms with Crippen LogP contribution in [-0.4, -0.2) is 11.6 Å². The average Bonchev–Trinajstić information content (AvgIpc) is 2.30. The minimum atomic E-state index is -0.200. The van der Waals surface area contributed by atoms with Crippen molar-refractivity contribution in [3.63, 3.8) is 0 Å². The standard InChI is InChI=1S/C13H16Cl2N2O/c1-3-4-5-13(17-16-9(2)18)11-7-6-10(14)8-12(11)15/h6-8H,3-5H2,1-2H3,(H,16,18). The number of hydrazone groups is 1. The minimum absolute atomic E-state index is 0.200. The zero-order chi connectivity index (χ0) is 13.5. The van der Waals surface area contributed by atoms with Crippen molar-refractivity contribution in [2.75, 3.05) is 0 Å². The highest BCUT2D eigenvalue weighted by Crippen LogP contribution is 2.23. The monoisotopic (exact) mass is 286 g/mol. The number of nitrogens with zero attached hydrogens (tertiary/aromatic N) is 1. The number of hydrogen-bond donors (Lipinski definition) is 1. The molecule has 0 unspecified atom stereocenters. The van der Waals surface area contributed by atoms with Crippen molar-refractivity contribution in [1.82, 2.24) is 5.43 Å². The molecular weight excluding hydrogens is 271 g/mol. The second-order valence-electron chi connectivity index (χ2n) is 3.95. The third-order valence-corrected chi connectivity index (χ3v) is 2.91. The lowest BCUT2D eigenvalue weighted by atomic mass is 10.0. The fraction of sp³-hybridized carbons (Fsp3) is 0.385. The molecule has 5 heteroatoms. The van der Waals surface area contributed by atoms with Gasteiger partial charge in [0.15, 0.2) is 0 Å². The molecule has 0 aromatic heterocycles. The minimum Gasteiger partial charge on any atom is -0.274 e. The van der Waals surface area contributed by atoms with Crippen molar-refractivity contribution in [3.8, 4) is 0 Å². The number of carbonyl (C=O) groups excluding carboxylic acids is 1. The summed E-state index contributed by atoms with van der Waals surface area (Å²) in [6.45, 7) is 3.52. The van der Waals surface area contributed by atoms with Crippen molar-refractivity contribution in [3.05, 3.63) is 33.8 Å². The van der Waals surface area contributed by atoms with Gasteiger partial charge < -0.3 is 0 Å². The largest absolute Gasteiger partial charge is 0.274 e. The molecule has 0 spiro atoms. The molecule has 1 aromatic carbocycles. The van der Waals surface area contributed by atoms with E-state index in [0.717, 1.165) is 30.5 Å². The van der Waals surface area contributed by atoms with E-state index in [2.05, 4.69) is 17.5 Å². The van der Waals surface area contributed by atoms with Crippen LogP contribution < -0.4 is 5.43 Å². The van der Waals surface area contributed by atoms with Crippen LogP contribution in [0.2, 0.25) is 10.0 Å². The van der Waals surface area contributed by atoms with Gasteiger partial charge in [-0.15, -0.1) is 0 Å². The molecule has 1 N–H and O–H groups in total. The molecule has 98 valence electrons. The number of unbranched alkanes of at least 4 members (excludes halogenated alkanes) is 1. The van der Waals surface area contributed by atoms with E-state index in [1.165, 1.54) is 6.92 Å². The van der Waals surface area contributed by atoms with Crippen LogP contribution in [0.1, 0.15) is 38.7 Å². The van der Waals surface area contributed by atoms with Crippen LogP contribution in [0.25, 0.3) is 0 Å². The molecule has 1 amide bonds. The maximum Gasteiger partial charge on any atom is 0.236 e. The third kappa shape index (κ3) is 4.67. The van der Waals surface area contributed by atoms with Gasteiger partial charge >= 0.3 is 0 Å². The predicted octanol–water partition coefficient (Wildman–Crippen LogP) is 4.02. The van der Waals surface area contributed by atoms with Gasteiger partial charge in [-0.25, -0.2) is 5.43 Å². The van der Waals surface area contributed by atoms with Gasteiger partial charge in [0.2, 0.25) is 5.91 Å². The Labute approximate surface area is 117 Å². The van der Waals surface area contributed by atoms with Crippen molar-refractivity contribution >= 4 is 34.8 Å². The Kier molecular flexibility index (Phi) is 6.16. The number of halogens is 2. The highest BCUT2D eigenvalue weighted by molar-refractivity contribution is 6.37. The molecule has 0 fully saturated rings. The van der Waals surface area contributed by atoms with Crippen LogP contribution in [0.4, 0.5) is 0 Å².